The first-order chi connectivity index (χ1) is 13.5. The lowest BCUT2D eigenvalue weighted by Gasteiger charge is -2.31. The van der Waals surface area contributed by atoms with Crippen LogP contribution < -0.4 is 5.32 Å². The monoisotopic (exact) mass is 380 g/mol. The normalized spacial score (nSPS) is 16.6. The molecular formula is C23H28N2O3. The van der Waals surface area contributed by atoms with Crippen LogP contribution in [-0.2, 0) is 16.0 Å². The van der Waals surface area contributed by atoms with E-state index in [0.29, 0.717) is 37.4 Å². The van der Waals surface area contributed by atoms with E-state index in [-0.39, 0.29) is 17.9 Å². The van der Waals surface area contributed by atoms with Crippen molar-refractivity contribution in [1.29, 1.82) is 0 Å². The highest BCUT2D eigenvalue weighted by molar-refractivity contribution is 5.97. The van der Waals surface area contributed by atoms with E-state index < -0.39 is 0 Å². The van der Waals surface area contributed by atoms with Gasteiger partial charge in [-0.1, -0.05) is 35.9 Å². The zero-order chi connectivity index (χ0) is 19.9. The van der Waals surface area contributed by atoms with Crippen molar-refractivity contribution in [2.75, 3.05) is 25.0 Å². The Labute approximate surface area is 166 Å². The van der Waals surface area contributed by atoms with Gasteiger partial charge >= 0.3 is 0 Å². The molecular weight excluding hydrogens is 352 g/mol. The van der Waals surface area contributed by atoms with Crippen LogP contribution in [0.1, 0.15) is 41.3 Å². The predicted molar refractivity (Wildman–Crippen MR) is 111 cm³/mol. The van der Waals surface area contributed by atoms with Gasteiger partial charge in [0.1, 0.15) is 0 Å². The van der Waals surface area contributed by atoms with E-state index in [4.69, 9.17) is 4.74 Å². The molecule has 1 unspecified atom stereocenters. The van der Waals surface area contributed by atoms with Crippen molar-refractivity contribution in [2.45, 2.75) is 39.2 Å². The molecule has 0 bridgehead atoms. The number of morpholine rings is 1. The summed E-state index contributed by atoms with van der Waals surface area (Å²) in [5, 5.41) is 2.91. The Morgan fingerprint density at radius 1 is 1.18 bits per heavy atom. The number of carbonyl (C=O) groups is 2. The van der Waals surface area contributed by atoms with Crippen LogP contribution in [0.5, 0.6) is 0 Å². The van der Waals surface area contributed by atoms with E-state index in [2.05, 4.69) is 36.5 Å². The maximum Gasteiger partial charge on any atom is 0.254 e. The van der Waals surface area contributed by atoms with E-state index in [1.807, 2.05) is 13.0 Å². The van der Waals surface area contributed by atoms with Gasteiger partial charge in [0, 0.05) is 30.8 Å². The molecule has 0 aliphatic carbocycles. The summed E-state index contributed by atoms with van der Waals surface area (Å²) >= 11 is 0. The van der Waals surface area contributed by atoms with Gasteiger partial charge in [0.05, 0.1) is 12.7 Å². The molecule has 1 fully saturated rings. The molecule has 0 radical (unpaired) electrons. The number of ether oxygens (including phenoxy) is 1. The molecule has 0 spiro atoms. The molecule has 5 heteroatoms. The topological polar surface area (TPSA) is 58.6 Å². The van der Waals surface area contributed by atoms with Crippen LogP contribution >= 0.6 is 0 Å². The standard InChI is InChI=1S/C23H28N2O3/c1-17-9-11-19(12-10-17)5-3-8-22(26)24-21-7-4-6-20(15-21)23(27)25-13-14-28-18(2)16-25/h4,6-7,9-12,15,18H,3,5,8,13-14,16H2,1-2H3,(H,24,26). The van der Waals surface area contributed by atoms with E-state index in [1.54, 1.807) is 23.1 Å². The molecule has 148 valence electrons. The number of nitrogens with one attached hydrogen (secondary N) is 1. The van der Waals surface area contributed by atoms with Crippen LogP contribution in [0.15, 0.2) is 48.5 Å². The number of anilines is 1. The third-order valence-electron chi connectivity index (χ3n) is 4.91. The van der Waals surface area contributed by atoms with Crippen molar-refractivity contribution in [2.24, 2.45) is 0 Å². The smallest absolute Gasteiger partial charge is 0.254 e. The molecule has 1 aliphatic heterocycles. The molecule has 1 heterocycles. The number of benzene rings is 2. The lowest BCUT2D eigenvalue weighted by molar-refractivity contribution is -0.116. The second kappa shape index (κ2) is 9.51. The van der Waals surface area contributed by atoms with Gasteiger partial charge in [-0.2, -0.15) is 0 Å². The van der Waals surface area contributed by atoms with Crippen molar-refractivity contribution in [3.8, 4) is 0 Å². The molecule has 1 atom stereocenters. The third kappa shape index (κ3) is 5.67. The fraction of sp³-hybridized carbons (Fsp3) is 0.391. The Bertz CT molecular complexity index is 817. The maximum atomic E-state index is 12.7. The summed E-state index contributed by atoms with van der Waals surface area (Å²) in [7, 11) is 0. The Hall–Kier alpha value is -2.66. The van der Waals surface area contributed by atoms with E-state index in [0.717, 1.165) is 12.8 Å². The first kappa shape index (κ1) is 20.1. The molecule has 2 aromatic carbocycles. The number of hydrogen-bond acceptors (Lipinski definition) is 3. The van der Waals surface area contributed by atoms with Gasteiger partial charge in [-0.3, -0.25) is 9.59 Å². The summed E-state index contributed by atoms with van der Waals surface area (Å²) < 4.78 is 5.49. The largest absolute Gasteiger partial charge is 0.375 e. The maximum absolute atomic E-state index is 12.7. The summed E-state index contributed by atoms with van der Waals surface area (Å²) in [5.41, 5.74) is 3.73. The zero-order valence-corrected chi connectivity index (χ0v) is 16.6. The summed E-state index contributed by atoms with van der Waals surface area (Å²) in [4.78, 5) is 26.8. The van der Waals surface area contributed by atoms with Gasteiger partial charge in [-0.25, -0.2) is 0 Å². The lowest BCUT2D eigenvalue weighted by Crippen LogP contribution is -2.44. The van der Waals surface area contributed by atoms with E-state index in [9.17, 15) is 9.59 Å². The van der Waals surface area contributed by atoms with Crippen molar-refractivity contribution in [3.05, 3.63) is 65.2 Å². The fourth-order valence-electron chi connectivity index (χ4n) is 3.35. The molecule has 3 rings (SSSR count). The van der Waals surface area contributed by atoms with E-state index >= 15 is 0 Å². The highest BCUT2D eigenvalue weighted by atomic mass is 16.5. The average molecular weight is 380 g/mol. The number of carbonyl (C=O) groups excluding carboxylic acids is 2. The first-order valence-electron chi connectivity index (χ1n) is 9.87. The SMILES string of the molecule is Cc1ccc(CCCC(=O)Nc2cccc(C(=O)N3CCOC(C)C3)c2)cc1. The first-order valence-corrected chi connectivity index (χ1v) is 9.87. The fourth-order valence-corrected chi connectivity index (χ4v) is 3.35. The molecule has 0 aromatic heterocycles. The van der Waals surface area contributed by atoms with Crippen molar-refractivity contribution in [3.63, 3.8) is 0 Å². The van der Waals surface area contributed by atoms with Gasteiger partial charge in [-0.05, 0) is 50.5 Å². The third-order valence-corrected chi connectivity index (χ3v) is 4.91. The van der Waals surface area contributed by atoms with Gasteiger partial charge < -0.3 is 15.0 Å². The second-order valence-corrected chi connectivity index (χ2v) is 7.40. The summed E-state index contributed by atoms with van der Waals surface area (Å²) in [6.07, 6.45) is 2.17. The van der Waals surface area contributed by atoms with Crippen molar-refractivity contribution < 1.29 is 14.3 Å². The minimum absolute atomic E-state index is 0.0226. The quantitative estimate of drug-likeness (QED) is 0.829. The zero-order valence-electron chi connectivity index (χ0n) is 16.6. The van der Waals surface area contributed by atoms with Gasteiger partial charge in [0.2, 0.25) is 5.91 Å². The van der Waals surface area contributed by atoms with Gasteiger partial charge in [0.25, 0.3) is 5.91 Å². The second-order valence-electron chi connectivity index (χ2n) is 7.40. The van der Waals surface area contributed by atoms with Crippen molar-refractivity contribution in [1.82, 2.24) is 4.90 Å². The van der Waals surface area contributed by atoms with Crippen LogP contribution in [0.4, 0.5) is 5.69 Å². The van der Waals surface area contributed by atoms with Crippen LogP contribution in [0.2, 0.25) is 0 Å². The Morgan fingerprint density at radius 3 is 2.71 bits per heavy atom. The number of hydrogen-bond donors (Lipinski definition) is 1. The number of aryl methyl sites for hydroxylation is 2. The molecule has 0 saturated carbocycles. The number of rotatable bonds is 6. The molecule has 1 N–H and O–H groups in total. The molecule has 28 heavy (non-hydrogen) atoms. The predicted octanol–water partition coefficient (Wildman–Crippen LogP) is 3.82. The van der Waals surface area contributed by atoms with E-state index in [1.165, 1.54) is 11.1 Å². The van der Waals surface area contributed by atoms with Crippen LogP contribution in [0.25, 0.3) is 0 Å². The van der Waals surface area contributed by atoms with Crippen LogP contribution in [0.3, 0.4) is 0 Å². The molecule has 1 aliphatic rings. The molecule has 1 saturated heterocycles. The molecule has 5 nitrogen and oxygen atoms in total. The lowest BCUT2D eigenvalue weighted by atomic mass is 10.1. The minimum atomic E-state index is -0.0308. The van der Waals surface area contributed by atoms with Crippen molar-refractivity contribution >= 4 is 17.5 Å². The van der Waals surface area contributed by atoms with Crippen LogP contribution in [0, 0.1) is 6.92 Å². The highest BCUT2D eigenvalue weighted by Gasteiger charge is 2.22. The minimum Gasteiger partial charge on any atom is -0.375 e. The summed E-state index contributed by atoms with van der Waals surface area (Å²) in [6.45, 7) is 5.78. The summed E-state index contributed by atoms with van der Waals surface area (Å²) in [6, 6.07) is 15.6. The average Bonchev–Trinajstić information content (AvgIpc) is 2.69. The van der Waals surface area contributed by atoms with Gasteiger partial charge in [-0.15, -0.1) is 0 Å². The number of amides is 2. The number of nitrogens with zero attached hydrogens (tertiary/aromatic N) is 1. The Kier molecular flexibility index (Phi) is 6.82. The molecule has 2 aromatic rings. The molecule has 2 amide bonds. The highest BCUT2D eigenvalue weighted by Crippen LogP contribution is 2.16. The summed E-state index contributed by atoms with van der Waals surface area (Å²) in [5.74, 6) is -0.0534. The van der Waals surface area contributed by atoms with Gasteiger partial charge in [0.15, 0.2) is 0 Å². The Morgan fingerprint density at radius 2 is 1.96 bits per heavy atom. The Balaban J connectivity index is 1.51. The van der Waals surface area contributed by atoms with Crippen LogP contribution in [-0.4, -0.2) is 42.5 Å².